The van der Waals surface area contributed by atoms with Gasteiger partial charge in [-0.2, -0.15) is 0 Å². The summed E-state index contributed by atoms with van der Waals surface area (Å²) in [7, 11) is 0. The van der Waals surface area contributed by atoms with Crippen molar-refractivity contribution in [2.24, 2.45) is 5.73 Å². The fourth-order valence-electron chi connectivity index (χ4n) is 1.71. The molecule has 18 heavy (non-hydrogen) atoms. The van der Waals surface area contributed by atoms with Crippen LogP contribution in [0, 0.1) is 13.8 Å². The third-order valence-corrected chi connectivity index (χ3v) is 2.55. The molecule has 1 aromatic carbocycles. The minimum atomic E-state index is -0.0197. The van der Waals surface area contributed by atoms with Gasteiger partial charge in [0.2, 0.25) is 0 Å². The molecule has 0 aliphatic heterocycles. The minimum Gasteiger partial charge on any atom is -0.424 e. The monoisotopic (exact) mass is 243 g/mol. The number of aryl methyl sites for hydroxylation is 2. The lowest BCUT2D eigenvalue weighted by atomic mass is 10.1. The van der Waals surface area contributed by atoms with Crippen molar-refractivity contribution in [1.29, 1.82) is 0 Å². The Bertz CT molecular complexity index is 532. The molecule has 1 heterocycles. The first-order valence-corrected chi connectivity index (χ1v) is 5.90. The van der Waals surface area contributed by atoms with E-state index in [1.165, 1.54) is 0 Å². The van der Waals surface area contributed by atoms with Crippen molar-refractivity contribution < 1.29 is 4.74 Å². The highest BCUT2D eigenvalue weighted by Gasteiger charge is 2.05. The van der Waals surface area contributed by atoms with Gasteiger partial charge in [0.25, 0.3) is 0 Å². The predicted octanol–water partition coefficient (Wildman–Crippen LogP) is 2.91. The topological polar surface area (TPSA) is 61.0 Å². The Balaban J connectivity index is 2.25. The molecule has 4 heteroatoms. The first-order valence-electron chi connectivity index (χ1n) is 5.90. The average molecular weight is 243 g/mol. The second-order valence-corrected chi connectivity index (χ2v) is 4.40. The smallest absolute Gasteiger partial charge is 0.322 e. The van der Waals surface area contributed by atoms with Crippen LogP contribution in [-0.4, -0.2) is 9.97 Å². The van der Waals surface area contributed by atoms with Gasteiger partial charge in [-0.3, -0.25) is 0 Å². The quantitative estimate of drug-likeness (QED) is 0.900. The zero-order chi connectivity index (χ0) is 13.1. The molecule has 0 saturated heterocycles. The zero-order valence-electron chi connectivity index (χ0n) is 10.8. The Morgan fingerprint density at radius 3 is 2.39 bits per heavy atom. The van der Waals surface area contributed by atoms with E-state index >= 15 is 0 Å². The van der Waals surface area contributed by atoms with E-state index < -0.39 is 0 Å². The molecule has 1 atom stereocenters. The molecule has 1 unspecified atom stereocenters. The highest BCUT2D eigenvalue weighted by atomic mass is 16.5. The Labute approximate surface area is 107 Å². The van der Waals surface area contributed by atoms with E-state index in [1.54, 1.807) is 0 Å². The van der Waals surface area contributed by atoms with Gasteiger partial charge >= 0.3 is 6.01 Å². The van der Waals surface area contributed by atoms with E-state index in [1.807, 2.05) is 51.1 Å². The SMILES string of the molecule is Cc1cc(C)nc(Oc2cccc(C(C)N)c2)n1. The molecule has 0 saturated carbocycles. The summed E-state index contributed by atoms with van der Waals surface area (Å²) in [5.41, 5.74) is 8.64. The summed E-state index contributed by atoms with van der Waals surface area (Å²) in [4.78, 5) is 8.48. The lowest BCUT2D eigenvalue weighted by Crippen LogP contribution is -2.04. The van der Waals surface area contributed by atoms with Crippen molar-refractivity contribution in [2.75, 3.05) is 0 Å². The number of ether oxygens (including phenoxy) is 1. The second kappa shape index (κ2) is 5.14. The van der Waals surface area contributed by atoms with E-state index in [9.17, 15) is 0 Å². The maximum absolute atomic E-state index is 5.84. The van der Waals surface area contributed by atoms with Gasteiger partial charge in [0.15, 0.2) is 0 Å². The molecule has 0 fully saturated rings. The van der Waals surface area contributed by atoms with Crippen LogP contribution in [0.3, 0.4) is 0 Å². The van der Waals surface area contributed by atoms with Crippen LogP contribution in [0.2, 0.25) is 0 Å². The molecule has 1 aromatic heterocycles. The van der Waals surface area contributed by atoms with E-state index in [-0.39, 0.29) is 6.04 Å². The number of rotatable bonds is 3. The van der Waals surface area contributed by atoms with Crippen LogP contribution < -0.4 is 10.5 Å². The van der Waals surface area contributed by atoms with Crippen LogP contribution in [0.4, 0.5) is 0 Å². The van der Waals surface area contributed by atoms with E-state index in [4.69, 9.17) is 10.5 Å². The molecular formula is C14H17N3O. The van der Waals surface area contributed by atoms with E-state index in [2.05, 4.69) is 9.97 Å². The Hall–Kier alpha value is -1.94. The Kier molecular flexibility index (Phi) is 3.58. The summed E-state index contributed by atoms with van der Waals surface area (Å²) >= 11 is 0. The number of hydrogen-bond acceptors (Lipinski definition) is 4. The van der Waals surface area contributed by atoms with Crippen molar-refractivity contribution in [3.8, 4) is 11.8 Å². The summed E-state index contributed by atoms with van der Waals surface area (Å²) in [6.07, 6.45) is 0. The summed E-state index contributed by atoms with van der Waals surface area (Å²) in [6.45, 7) is 5.77. The van der Waals surface area contributed by atoms with Crippen LogP contribution >= 0.6 is 0 Å². The van der Waals surface area contributed by atoms with Crippen LogP contribution in [0.15, 0.2) is 30.3 Å². The molecule has 0 aliphatic rings. The minimum absolute atomic E-state index is 0.0197. The maximum Gasteiger partial charge on any atom is 0.322 e. The highest BCUT2D eigenvalue weighted by molar-refractivity contribution is 5.32. The molecule has 0 aliphatic carbocycles. The maximum atomic E-state index is 5.84. The molecule has 94 valence electrons. The molecule has 2 rings (SSSR count). The van der Waals surface area contributed by atoms with Crippen LogP contribution in [0.1, 0.15) is 29.9 Å². The number of hydrogen-bond donors (Lipinski definition) is 1. The molecule has 2 N–H and O–H groups in total. The molecule has 0 spiro atoms. The van der Waals surface area contributed by atoms with Crippen molar-refractivity contribution in [3.05, 3.63) is 47.3 Å². The number of aromatic nitrogens is 2. The van der Waals surface area contributed by atoms with Gasteiger partial charge in [0, 0.05) is 17.4 Å². The molecule has 4 nitrogen and oxygen atoms in total. The number of benzene rings is 1. The van der Waals surface area contributed by atoms with Crippen molar-refractivity contribution in [1.82, 2.24) is 9.97 Å². The van der Waals surface area contributed by atoms with Gasteiger partial charge in [-0.25, -0.2) is 9.97 Å². The van der Waals surface area contributed by atoms with Gasteiger partial charge in [-0.15, -0.1) is 0 Å². The molecule has 0 amide bonds. The lowest BCUT2D eigenvalue weighted by molar-refractivity contribution is 0.438. The zero-order valence-corrected chi connectivity index (χ0v) is 10.8. The first kappa shape index (κ1) is 12.5. The summed E-state index contributed by atoms with van der Waals surface area (Å²) in [6, 6.07) is 9.92. The fourth-order valence-corrected chi connectivity index (χ4v) is 1.71. The van der Waals surface area contributed by atoms with E-state index in [0.717, 1.165) is 17.0 Å². The number of nitrogens with two attached hydrogens (primary N) is 1. The standard InChI is InChI=1S/C14H17N3O/c1-9-7-10(2)17-14(16-9)18-13-6-4-5-12(8-13)11(3)15/h4-8,11H,15H2,1-3H3. The predicted molar refractivity (Wildman–Crippen MR) is 70.6 cm³/mol. The van der Waals surface area contributed by atoms with Crippen molar-refractivity contribution in [2.45, 2.75) is 26.8 Å². The molecule has 0 radical (unpaired) electrons. The van der Waals surface area contributed by atoms with Gasteiger partial charge in [-0.1, -0.05) is 12.1 Å². The average Bonchev–Trinajstić information content (AvgIpc) is 2.27. The summed E-state index contributed by atoms with van der Waals surface area (Å²) in [5.74, 6) is 0.704. The molecular weight excluding hydrogens is 226 g/mol. The summed E-state index contributed by atoms with van der Waals surface area (Å²) < 4.78 is 5.65. The van der Waals surface area contributed by atoms with Gasteiger partial charge < -0.3 is 10.5 Å². The number of nitrogens with zero attached hydrogens (tertiary/aromatic N) is 2. The second-order valence-electron chi connectivity index (χ2n) is 4.40. The highest BCUT2D eigenvalue weighted by Crippen LogP contribution is 2.21. The lowest BCUT2D eigenvalue weighted by Gasteiger charge is -2.09. The van der Waals surface area contributed by atoms with Crippen molar-refractivity contribution in [3.63, 3.8) is 0 Å². The summed E-state index contributed by atoms with van der Waals surface area (Å²) in [5, 5.41) is 0. The Morgan fingerprint density at radius 1 is 1.11 bits per heavy atom. The largest absolute Gasteiger partial charge is 0.424 e. The van der Waals surface area contributed by atoms with Crippen LogP contribution in [-0.2, 0) is 0 Å². The third kappa shape index (κ3) is 3.05. The first-order chi connectivity index (χ1) is 8.54. The van der Waals surface area contributed by atoms with Crippen LogP contribution in [0.5, 0.6) is 11.8 Å². The van der Waals surface area contributed by atoms with E-state index in [0.29, 0.717) is 11.8 Å². The molecule has 2 aromatic rings. The normalized spacial score (nSPS) is 12.2. The third-order valence-electron chi connectivity index (χ3n) is 2.55. The van der Waals surface area contributed by atoms with Crippen LogP contribution in [0.25, 0.3) is 0 Å². The van der Waals surface area contributed by atoms with Crippen molar-refractivity contribution >= 4 is 0 Å². The fraction of sp³-hybridized carbons (Fsp3) is 0.286. The Morgan fingerprint density at radius 2 is 1.78 bits per heavy atom. The van der Waals surface area contributed by atoms with Gasteiger partial charge in [0.05, 0.1) is 0 Å². The van der Waals surface area contributed by atoms with Gasteiger partial charge in [0.1, 0.15) is 5.75 Å². The van der Waals surface area contributed by atoms with Gasteiger partial charge in [-0.05, 0) is 44.5 Å². The molecule has 0 bridgehead atoms.